The van der Waals surface area contributed by atoms with Gasteiger partial charge < -0.3 is 16.3 Å². The van der Waals surface area contributed by atoms with Crippen molar-refractivity contribution < 1.29 is 18.8 Å². The summed E-state index contributed by atoms with van der Waals surface area (Å²) in [6, 6.07) is 0. The average Bonchev–Trinajstić information content (AvgIpc) is 2.09. The van der Waals surface area contributed by atoms with Gasteiger partial charge in [0.05, 0.1) is 6.54 Å². The highest BCUT2D eigenvalue weighted by atomic mass is 19.3. The van der Waals surface area contributed by atoms with Gasteiger partial charge in [0.1, 0.15) is 0 Å². The van der Waals surface area contributed by atoms with E-state index in [0.717, 1.165) is 0 Å². The van der Waals surface area contributed by atoms with Crippen molar-refractivity contribution in [1.82, 2.24) is 5.32 Å². The van der Waals surface area contributed by atoms with Crippen LogP contribution in [0.1, 0.15) is 12.8 Å². The van der Waals surface area contributed by atoms with Gasteiger partial charge in [-0.15, -0.1) is 0 Å². The summed E-state index contributed by atoms with van der Waals surface area (Å²) in [4.78, 5) is 11.1. The standard InChI is InChI=1S/C7H11F2N3O2/c8-7(9)1-4(2-7)6(13)11-3-5(10)12-14/h4,14H,1-3H2,(H2,10,12)(H,11,13). The molecule has 7 heteroatoms. The van der Waals surface area contributed by atoms with E-state index < -0.39 is 30.6 Å². The van der Waals surface area contributed by atoms with Crippen LogP contribution >= 0.6 is 0 Å². The number of nitrogens with zero attached hydrogens (tertiary/aromatic N) is 1. The molecule has 1 rings (SSSR count). The Kier molecular flexibility index (Phi) is 2.87. The van der Waals surface area contributed by atoms with Crippen LogP contribution in [0, 0.1) is 5.92 Å². The Morgan fingerprint density at radius 1 is 1.64 bits per heavy atom. The molecule has 0 aromatic rings. The molecule has 1 fully saturated rings. The van der Waals surface area contributed by atoms with Crippen molar-refractivity contribution >= 4 is 11.7 Å². The molecule has 1 saturated carbocycles. The number of carbonyl (C=O) groups is 1. The molecule has 0 heterocycles. The van der Waals surface area contributed by atoms with E-state index in [9.17, 15) is 13.6 Å². The first-order chi connectivity index (χ1) is 6.44. The molecule has 1 aliphatic carbocycles. The molecular weight excluding hydrogens is 196 g/mol. The first kappa shape index (κ1) is 10.7. The first-order valence-electron chi connectivity index (χ1n) is 4.06. The second-order valence-electron chi connectivity index (χ2n) is 3.27. The SMILES string of the molecule is N/C(CNC(=O)C1CC(F)(F)C1)=N\O. The summed E-state index contributed by atoms with van der Waals surface area (Å²) in [6.45, 7) is -0.128. The number of rotatable bonds is 3. The Labute approximate surface area is 78.9 Å². The van der Waals surface area contributed by atoms with Crippen molar-refractivity contribution in [3.05, 3.63) is 0 Å². The molecule has 14 heavy (non-hydrogen) atoms. The summed E-state index contributed by atoms with van der Waals surface area (Å²) in [7, 11) is 0. The third-order valence-corrected chi connectivity index (χ3v) is 2.03. The molecule has 0 bridgehead atoms. The van der Waals surface area contributed by atoms with Crippen molar-refractivity contribution in [3.63, 3.8) is 0 Å². The number of amidine groups is 1. The van der Waals surface area contributed by atoms with Gasteiger partial charge in [-0.3, -0.25) is 4.79 Å². The fraction of sp³-hybridized carbons (Fsp3) is 0.714. The number of nitrogens with two attached hydrogens (primary N) is 1. The van der Waals surface area contributed by atoms with Gasteiger partial charge >= 0.3 is 0 Å². The third-order valence-electron chi connectivity index (χ3n) is 2.03. The number of carbonyl (C=O) groups excluding carboxylic acids is 1. The minimum Gasteiger partial charge on any atom is -0.409 e. The normalized spacial score (nSPS) is 21.4. The highest BCUT2D eigenvalue weighted by molar-refractivity contribution is 5.88. The Morgan fingerprint density at radius 3 is 2.64 bits per heavy atom. The second kappa shape index (κ2) is 3.77. The number of oxime groups is 1. The minimum absolute atomic E-state index is 0.128. The maximum Gasteiger partial charge on any atom is 0.249 e. The number of hydrogen-bond acceptors (Lipinski definition) is 3. The van der Waals surface area contributed by atoms with Crippen molar-refractivity contribution in [1.29, 1.82) is 0 Å². The largest absolute Gasteiger partial charge is 0.409 e. The van der Waals surface area contributed by atoms with E-state index >= 15 is 0 Å². The summed E-state index contributed by atoms with van der Waals surface area (Å²) in [6.07, 6.45) is -0.843. The molecule has 0 spiro atoms. The van der Waals surface area contributed by atoms with Crippen molar-refractivity contribution in [3.8, 4) is 0 Å². The van der Waals surface area contributed by atoms with E-state index in [2.05, 4.69) is 10.5 Å². The van der Waals surface area contributed by atoms with Crippen LogP contribution in [0.25, 0.3) is 0 Å². The molecule has 0 atom stereocenters. The minimum atomic E-state index is -2.71. The topological polar surface area (TPSA) is 87.7 Å². The van der Waals surface area contributed by atoms with Gasteiger partial charge in [0.15, 0.2) is 5.84 Å². The van der Waals surface area contributed by atoms with Crippen LogP contribution in [-0.4, -0.2) is 29.4 Å². The fourth-order valence-corrected chi connectivity index (χ4v) is 1.20. The average molecular weight is 207 g/mol. The lowest BCUT2D eigenvalue weighted by atomic mass is 9.81. The zero-order valence-corrected chi connectivity index (χ0v) is 7.33. The quantitative estimate of drug-likeness (QED) is 0.261. The molecule has 5 nitrogen and oxygen atoms in total. The summed E-state index contributed by atoms with van der Waals surface area (Å²) < 4.78 is 24.7. The van der Waals surface area contributed by atoms with Gasteiger partial charge in [-0.1, -0.05) is 5.16 Å². The smallest absolute Gasteiger partial charge is 0.249 e. The molecule has 0 aromatic carbocycles. The molecule has 1 amide bonds. The van der Waals surface area contributed by atoms with Gasteiger partial charge in [-0.2, -0.15) is 0 Å². The van der Waals surface area contributed by atoms with Crippen LogP contribution < -0.4 is 11.1 Å². The van der Waals surface area contributed by atoms with Crippen LogP contribution in [-0.2, 0) is 4.79 Å². The van der Waals surface area contributed by atoms with Gasteiger partial charge in [-0.05, 0) is 0 Å². The van der Waals surface area contributed by atoms with Gasteiger partial charge in [0.25, 0.3) is 0 Å². The molecule has 1 aliphatic rings. The zero-order valence-electron chi connectivity index (χ0n) is 7.33. The van der Waals surface area contributed by atoms with Crippen LogP contribution in [0.3, 0.4) is 0 Å². The Morgan fingerprint density at radius 2 is 2.21 bits per heavy atom. The van der Waals surface area contributed by atoms with Crippen molar-refractivity contribution in [2.45, 2.75) is 18.8 Å². The summed E-state index contributed by atoms with van der Waals surface area (Å²) in [5, 5.41) is 13.0. The molecule has 0 aromatic heterocycles. The number of alkyl halides is 2. The van der Waals surface area contributed by atoms with Crippen LogP contribution in [0.2, 0.25) is 0 Å². The highest BCUT2D eigenvalue weighted by Gasteiger charge is 2.48. The van der Waals surface area contributed by atoms with Crippen LogP contribution in [0.15, 0.2) is 5.16 Å². The van der Waals surface area contributed by atoms with E-state index in [4.69, 9.17) is 10.9 Å². The first-order valence-corrected chi connectivity index (χ1v) is 4.06. The number of amides is 1. The Hall–Kier alpha value is -1.40. The van der Waals surface area contributed by atoms with E-state index in [1.54, 1.807) is 0 Å². The summed E-state index contributed by atoms with van der Waals surface area (Å²) >= 11 is 0. The molecule has 80 valence electrons. The van der Waals surface area contributed by atoms with E-state index in [1.807, 2.05) is 0 Å². The molecule has 0 unspecified atom stereocenters. The van der Waals surface area contributed by atoms with Crippen molar-refractivity contribution in [2.24, 2.45) is 16.8 Å². The van der Waals surface area contributed by atoms with Gasteiger partial charge in [0.2, 0.25) is 11.8 Å². The van der Waals surface area contributed by atoms with Gasteiger partial charge in [-0.25, -0.2) is 8.78 Å². The Bertz CT molecular complexity index is 260. The second-order valence-corrected chi connectivity index (χ2v) is 3.27. The summed E-state index contributed by atoms with van der Waals surface area (Å²) in [5.74, 6) is -4.01. The summed E-state index contributed by atoms with van der Waals surface area (Å²) in [5.41, 5.74) is 5.07. The fourth-order valence-electron chi connectivity index (χ4n) is 1.20. The maximum absolute atomic E-state index is 12.3. The van der Waals surface area contributed by atoms with E-state index in [0.29, 0.717) is 0 Å². The molecule has 0 saturated heterocycles. The lowest BCUT2D eigenvalue weighted by Crippen LogP contribution is -2.46. The number of nitrogens with one attached hydrogen (secondary N) is 1. The molecule has 0 aliphatic heterocycles. The monoisotopic (exact) mass is 207 g/mol. The van der Waals surface area contributed by atoms with Crippen LogP contribution in [0.5, 0.6) is 0 Å². The van der Waals surface area contributed by atoms with Crippen molar-refractivity contribution in [2.75, 3.05) is 6.54 Å². The third kappa shape index (κ3) is 2.54. The highest BCUT2D eigenvalue weighted by Crippen LogP contribution is 2.42. The lowest BCUT2D eigenvalue weighted by molar-refractivity contribution is -0.149. The number of hydrogen-bond donors (Lipinski definition) is 3. The molecular formula is C7H11F2N3O2. The maximum atomic E-state index is 12.3. The predicted molar refractivity (Wildman–Crippen MR) is 44.1 cm³/mol. The van der Waals surface area contributed by atoms with E-state index in [1.165, 1.54) is 0 Å². The lowest BCUT2D eigenvalue weighted by Gasteiger charge is -2.33. The van der Waals surface area contributed by atoms with E-state index in [-0.39, 0.29) is 12.4 Å². The molecule has 4 N–H and O–H groups in total. The van der Waals surface area contributed by atoms with Crippen LogP contribution in [0.4, 0.5) is 8.78 Å². The van der Waals surface area contributed by atoms with Gasteiger partial charge in [0, 0.05) is 18.8 Å². The number of halogens is 2. The zero-order chi connectivity index (χ0) is 10.8. The Balaban J connectivity index is 2.25. The predicted octanol–water partition coefficient (Wildman–Crippen LogP) is -0.106. The molecule has 0 radical (unpaired) electrons.